The first-order chi connectivity index (χ1) is 7.72. The summed E-state index contributed by atoms with van der Waals surface area (Å²) in [5.74, 6) is 0. The molecule has 5 heteroatoms. The number of urea groups is 1. The van der Waals surface area contributed by atoms with Crippen LogP contribution in [0.4, 0.5) is 4.79 Å². The highest BCUT2D eigenvalue weighted by Gasteiger charge is 2.32. The van der Waals surface area contributed by atoms with Gasteiger partial charge in [-0.15, -0.1) is 0 Å². The van der Waals surface area contributed by atoms with Gasteiger partial charge in [0.15, 0.2) is 0 Å². The van der Waals surface area contributed by atoms with Crippen molar-refractivity contribution in [2.24, 2.45) is 5.73 Å². The Morgan fingerprint density at radius 3 is 2.75 bits per heavy atom. The van der Waals surface area contributed by atoms with Crippen LogP contribution in [0, 0.1) is 0 Å². The molecular weight excluding hydrogens is 206 g/mol. The van der Waals surface area contributed by atoms with E-state index in [2.05, 4.69) is 0 Å². The number of rotatable bonds is 1. The zero-order chi connectivity index (χ0) is 11.5. The molecule has 5 nitrogen and oxygen atoms in total. The van der Waals surface area contributed by atoms with Gasteiger partial charge >= 0.3 is 6.03 Å². The van der Waals surface area contributed by atoms with Crippen molar-refractivity contribution >= 4 is 6.03 Å². The van der Waals surface area contributed by atoms with Crippen LogP contribution < -0.4 is 5.73 Å². The molecule has 0 aliphatic carbocycles. The van der Waals surface area contributed by atoms with E-state index in [1.807, 2.05) is 16.7 Å². The van der Waals surface area contributed by atoms with E-state index >= 15 is 0 Å². The second-order valence-corrected chi connectivity index (χ2v) is 4.67. The normalized spacial score (nSPS) is 30.9. The highest BCUT2D eigenvalue weighted by atomic mass is 16.5. The third-order valence-electron chi connectivity index (χ3n) is 3.39. The summed E-state index contributed by atoms with van der Waals surface area (Å²) in [6, 6.07) is 0.322. The predicted octanol–water partition coefficient (Wildman–Crippen LogP) is 0.250. The van der Waals surface area contributed by atoms with Crippen LogP contribution >= 0.6 is 0 Å². The van der Waals surface area contributed by atoms with Gasteiger partial charge in [0.1, 0.15) is 0 Å². The molecule has 2 atom stereocenters. The Morgan fingerprint density at radius 2 is 2.12 bits per heavy atom. The maximum absolute atomic E-state index is 12.2. The molecule has 0 radical (unpaired) electrons. The van der Waals surface area contributed by atoms with E-state index in [1.165, 1.54) is 0 Å². The first kappa shape index (κ1) is 11.7. The third-order valence-corrected chi connectivity index (χ3v) is 3.39. The molecule has 2 unspecified atom stereocenters. The third kappa shape index (κ3) is 2.30. The Bertz CT molecular complexity index is 254. The summed E-state index contributed by atoms with van der Waals surface area (Å²) in [5.41, 5.74) is 5.59. The molecule has 0 aromatic rings. The zero-order valence-electron chi connectivity index (χ0n) is 9.89. The number of nitrogens with zero attached hydrogens (tertiary/aromatic N) is 2. The average Bonchev–Trinajstić information content (AvgIpc) is 2.82. The second-order valence-electron chi connectivity index (χ2n) is 4.67. The molecule has 0 saturated carbocycles. The van der Waals surface area contributed by atoms with Crippen LogP contribution in [0.3, 0.4) is 0 Å². The number of nitrogens with two attached hydrogens (primary N) is 1. The summed E-state index contributed by atoms with van der Waals surface area (Å²) in [5, 5.41) is 0. The van der Waals surface area contributed by atoms with Gasteiger partial charge < -0.3 is 20.3 Å². The van der Waals surface area contributed by atoms with Gasteiger partial charge in [0.2, 0.25) is 0 Å². The molecule has 2 amide bonds. The number of ether oxygens (including phenoxy) is 1. The maximum atomic E-state index is 12.2. The number of morpholine rings is 1. The van der Waals surface area contributed by atoms with Gasteiger partial charge in [-0.25, -0.2) is 4.79 Å². The predicted molar refractivity (Wildman–Crippen MR) is 61.2 cm³/mol. The van der Waals surface area contributed by atoms with Crippen molar-refractivity contribution in [1.82, 2.24) is 9.80 Å². The summed E-state index contributed by atoms with van der Waals surface area (Å²) in [4.78, 5) is 16.1. The molecular formula is C11H21N3O2. The van der Waals surface area contributed by atoms with Crippen LogP contribution in [-0.4, -0.2) is 60.8 Å². The summed E-state index contributed by atoms with van der Waals surface area (Å²) in [6.45, 7) is 5.54. The fourth-order valence-electron chi connectivity index (χ4n) is 2.32. The Labute approximate surface area is 96.5 Å². The minimum atomic E-state index is 0.00255. The SMILES string of the molecule is CC1COC(CN)CN1C(=O)N1CCCC1. The standard InChI is InChI=1S/C11H21N3O2/c1-9-8-16-10(6-12)7-14(9)11(15)13-4-2-3-5-13/h9-10H,2-8,12H2,1H3. The molecule has 2 rings (SSSR count). The molecule has 2 aliphatic rings. The number of carbonyl (C=O) groups excluding carboxylic acids is 1. The van der Waals surface area contributed by atoms with E-state index in [-0.39, 0.29) is 18.2 Å². The number of hydrogen-bond donors (Lipinski definition) is 1. The molecule has 2 fully saturated rings. The fourth-order valence-corrected chi connectivity index (χ4v) is 2.32. The molecule has 92 valence electrons. The van der Waals surface area contributed by atoms with E-state index in [1.54, 1.807) is 0 Å². The molecule has 0 bridgehead atoms. The molecule has 0 aromatic heterocycles. The van der Waals surface area contributed by atoms with Gasteiger partial charge in [-0.1, -0.05) is 0 Å². The largest absolute Gasteiger partial charge is 0.373 e. The van der Waals surface area contributed by atoms with Crippen LogP contribution in [0.2, 0.25) is 0 Å². The monoisotopic (exact) mass is 227 g/mol. The molecule has 0 aromatic carbocycles. The summed E-state index contributed by atoms with van der Waals surface area (Å²) >= 11 is 0. The lowest BCUT2D eigenvalue weighted by Gasteiger charge is -2.39. The van der Waals surface area contributed by atoms with Gasteiger partial charge in [-0.2, -0.15) is 0 Å². The van der Waals surface area contributed by atoms with Crippen molar-refractivity contribution in [2.75, 3.05) is 32.8 Å². The van der Waals surface area contributed by atoms with Crippen LogP contribution in [0.15, 0.2) is 0 Å². The lowest BCUT2D eigenvalue weighted by molar-refractivity contribution is -0.0406. The minimum Gasteiger partial charge on any atom is -0.373 e. The smallest absolute Gasteiger partial charge is 0.320 e. The van der Waals surface area contributed by atoms with Crippen molar-refractivity contribution in [1.29, 1.82) is 0 Å². The highest BCUT2D eigenvalue weighted by Crippen LogP contribution is 2.16. The summed E-state index contributed by atoms with van der Waals surface area (Å²) in [7, 11) is 0. The Morgan fingerprint density at radius 1 is 1.44 bits per heavy atom. The maximum Gasteiger partial charge on any atom is 0.320 e. The van der Waals surface area contributed by atoms with E-state index in [4.69, 9.17) is 10.5 Å². The van der Waals surface area contributed by atoms with E-state index < -0.39 is 0 Å². The molecule has 2 heterocycles. The van der Waals surface area contributed by atoms with Crippen molar-refractivity contribution in [3.8, 4) is 0 Å². The molecule has 2 N–H and O–H groups in total. The van der Waals surface area contributed by atoms with Crippen molar-refractivity contribution in [3.05, 3.63) is 0 Å². The fraction of sp³-hybridized carbons (Fsp3) is 0.909. The van der Waals surface area contributed by atoms with Gasteiger partial charge in [0.05, 0.1) is 25.3 Å². The highest BCUT2D eigenvalue weighted by molar-refractivity contribution is 5.75. The number of amides is 2. The first-order valence-corrected chi connectivity index (χ1v) is 6.09. The van der Waals surface area contributed by atoms with E-state index in [9.17, 15) is 4.79 Å². The van der Waals surface area contributed by atoms with Crippen molar-refractivity contribution in [3.63, 3.8) is 0 Å². The Kier molecular flexibility index (Phi) is 3.66. The summed E-state index contributed by atoms with van der Waals surface area (Å²) in [6.07, 6.45) is 2.26. The molecule has 2 saturated heterocycles. The topological polar surface area (TPSA) is 58.8 Å². The molecule has 16 heavy (non-hydrogen) atoms. The zero-order valence-corrected chi connectivity index (χ0v) is 9.89. The average molecular weight is 227 g/mol. The van der Waals surface area contributed by atoms with Gasteiger partial charge in [-0.3, -0.25) is 0 Å². The lowest BCUT2D eigenvalue weighted by Crippen LogP contribution is -2.56. The number of likely N-dealkylation sites (tertiary alicyclic amines) is 1. The van der Waals surface area contributed by atoms with E-state index in [0.29, 0.717) is 19.7 Å². The molecule has 2 aliphatic heterocycles. The van der Waals surface area contributed by atoms with Gasteiger partial charge in [0.25, 0.3) is 0 Å². The molecule has 0 spiro atoms. The Balaban J connectivity index is 1.97. The van der Waals surface area contributed by atoms with Crippen LogP contribution in [0.25, 0.3) is 0 Å². The van der Waals surface area contributed by atoms with Crippen molar-refractivity contribution in [2.45, 2.75) is 31.9 Å². The van der Waals surface area contributed by atoms with Crippen molar-refractivity contribution < 1.29 is 9.53 Å². The number of hydrogen-bond acceptors (Lipinski definition) is 3. The van der Waals surface area contributed by atoms with E-state index in [0.717, 1.165) is 25.9 Å². The second kappa shape index (κ2) is 5.01. The van der Waals surface area contributed by atoms with Crippen LogP contribution in [0.5, 0.6) is 0 Å². The minimum absolute atomic E-state index is 0.00255. The van der Waals surface area contributed by atoms with Crippen LogP contribution in [-0.2, 0) is 4.74 Å². The quantitative estimate of drug-likeness (QED) is 0.698. The van der Waals surface area contributed by atoms with Gasteiger partial charge in [0, 0.05) is 19.6 Å². The summed E-state index contributed by atoms with van der Waals surface area (Å²) < 4.78 is 5.55. The Hall–Kier alpha value is -0.810. The van der Waals surface area contributed by atoms with Crippen LogP contribution in [0.1, 0.15) is 19.8 Å². The number of carbonyl (C=O) groups is 1. The lowest BCUT2D eigenvalue weighted by atomic mass is 10.2. The first-order valence-electron chi connectivity index (χ1n) is 6.09. The van der Waals surface area contributed by atoms with Gasteiger partial charge in [-0.05, 0) is 19.8 Å².